The van der Waals surface area contributed by atoms with Gasteiger partial charge in [-0.05, 0) is 12.1 Å². The summed E-state index contributed by atoms with van der Waals surface area (Å²) < 4.78 is 15.0. The molecule has 0 amide bonds. The van der Waals surface area contributed by atoms with Gasteiger partial charge in [-0.1, -0.05) is 0 Å². The molecule has 0 bridgehead atoms. The maximum atomic E-state index is 5.17. The first kappa shape index (κ1) is 11.5. The third-order valence-corrected chi connectivity index (χ3v) is 1.82. The predicted molar refractivity (Wildman–Crippen MR) is 57.5 cm³/mol. The van der Waals surface area contributed by atoms with Crippen LogP contribution < -0.4 is 4.74 Å². The van der Waals surface area contributed by atoms with Crippen LogP contribution in [0.3, 0.4) is 0 Å². The fraction of sp³-hybridized carbons (Fsp3) is 0.364. The Balaban J connectivity index is 2.96. The fourth-order valence-corrected chi connectivity index (χ4v) is 1.16. The molecular formula is C11H15NO3. The molecule has 0 aliphatic heterocycles. The van der Waals surface area contributed by atoms with Gasteiger partial charge in [0.25, 0.3) is 0 Å². The van der Waals surface area contributed by atoms with Crippen LogP contribution >= 0.6 is 0 Å². The lowest BCUT2D eigenvalue weighted by Crippen LogP contribution is -1.97. The number of hydrogen-bond donors (Lipinski definition) is 0. The number of aromatic nitrogens is 1. The zero-order chi connectivity index (χ0) is 11.1. The maximum absolute atomic E-state index is 5.17. The van der Waals surface area contributed by atoms with Crippen molar-refractivity contribution < 1.29 is 14.2 Å². The average Bonchev–Trinajstić information content (AvgIpc) is 2.27. The summed E-state index contributed by atoms with van der Waals surface area (Å²) in [4.78, 5) is 4.35. The molecule has 15 heavy (non-hydrogen) atoms. The van der Waals surface area contributed by atoms with Crippen LogP contribution in [0.25, 0.3) is 6.08 Å². The summed E-state index contributed by atoms with van der Waals surface area (Å²) in [5.41, 5.74) is 1.59. The summed E-state index contributed by atoms with van der Waals surface area (Å²) in [7, 11) is 4.83. The van der Waals surface area contributed by atoms with Gasteiger partial charge in [0.1, 0.15) is 11.4 Å². The molecule has 1 aromatic rings. The first-order chi connectivity index (χ1) is 7.31. The Labute approximate surface area is 89.5 Å². The number of hydrogen-bond acceptors (Lipinski definition) is 4. The lowest BCUT2D eigenvalue weighted by molar-refractivity contribution is 0.181. The van der Waals surface area contributed by atoms with E-state index in [4.69, 9.17) is 14.2 Å². The molecule has 82 valence electrons. The minimum atomic E-state index is 0.484. The van der Waals surface area contributed by atoms with Gasteiger partial charge in [-0.3, -0.25) is 0 Å². The molecule has 0 spiro atoms. The second kappa shape index (κ2) is 6.03. The van der Waals surface area contributed by atoms with Gasteiger partial charge in [-0.25, -0.2) is 4.98 Å². The average molecular weight is 209 g/mol. The highest BCUT2D eigenvalue weighted by atomic mass is 16.5. The molecule has 0 N–H and O–H groups in total. The molecule has 4 heteroatoms. The topological polar surface area (TPSA) is 40.6 Å². The second-order valence-electron chi connectivity index (χ2n) is 2.86. The van der Waals surface area contributed by atoms with Gasteiger partial charge in [0.15, 0.2) is 0 Å². The van der Waals surface area contributed by atoms with Crippen LogP contribution in [0.1, 0.15) is 11.4 Å². The van der Waals surface area contributed by atoms with E-state index >= 15 is 0 Å². The third kappa shape index (κ3) is 3.25. The minimum absolute atomic E-state index is 0.484. The lowest BCUT2D eigenvalue weighted by Gasteiger charge is -2.06. The SMILES string of the molecule is CO/C=C/c1nc(COC)ccc1OC. The van der Waals surface area contributed by atoms with E-state index in [9.17, 15) is 0 Å². The standard InChI is InChI=1S/C11H15NO3/c1-13-7-6-10-11(15-3)5-4-9(12-10)8-14-2/h4-7H,8H2,1-3H3/b7-6+. The Kier molecular flexibility index (Phi) is 4.63. The van der Waals surface area contributed by atoms with E-state index in [0.29, 0.717) is 12.4 Å². The normalized spacial score (nSPS) is 10.6. The van der Waals surface area contributed by atoms with Gasteiger partial charge in [0.2, 0.25) is 0 Å². The molecule has 0 aliphatic rings. The molecule has 1 rings (SSSR count). The van der Waals surface area contributed by atoms with Gasteiger partial charge >= 0.3 is 0 Å². The molecule has 4 nitrogen and oxygen atoms in total. The van der Waals surface area contributed by atoms with Crippen LogP contribution in [-0.2, 0) is 16.1 Å². The van der Waals surface area contributed by atoms with E-state index in [0.717, 1.165) is 11.4 Å². The van der Waals surface area contributed by atoms with Gasteiger partial charge < -0.3 is 14.2 Å². The van der Waals surface area contributed by atoms with Gasteiger partial charge in [-0.2, -0.15) is 0 Å². The summed E-state index contributed by atoms with van der Waals surface area (Å²) in [6.07, 6.45) is 3.30. The van der Waals surface area contributed by atoms with E-state index in [1.807, 2.05) is 12.1 Å². The summed E-state index contributed by atoms with van der Waals surface area (Å²) >= 11 is 0. The Morgan fingerprint density at radius 3 is 2.67 bits per heavy atom. The molecule has 0 fully saturated rings. The highest BCUT2D eigenvalue weighted by Crippen LogP contribution is 2.18. The molecule has 0 atom stereocenters. The predicted octanol–water partition coefficient (Wildman–Crippen LogP) is 1.85. The van der Waals surface area contributed by atoms with Crippen molar-refractivity contribution in [1.29, 1.82) is 0 Å². The Morgan fingerprint density at radius 2 is 2.07 bits per heavy atom. The van der Waals surface area contributed by atoms with E-state index < -0.39 is 0 Å². The summed E-state index contributed by atoms with van der Waals surface area (Å²) in [5.74, 6) is 0.711. The number of rotatable bonds is 5. The van der Waals surface area contributed by atoms with Crippen molar-refractivity contribution in [3.05, 3.63) is 29.8 Å². The zero-order valence-corrected chi connectivity index (χ0v) is 9.19. The molecule has 0 aromatic carbocycles. The molecule has 0 saturated heterocycles. The third-order valence-electron chi connectivity index (χ3n) is 1.82. The Morgan fingerprint density at radius 1 is 1.27 bits per heavy atom. The van der Waals surface area contributed by atoms with Crippen LogP contribution in [0.15, 0.2) is 18.4 Å². The summed E-state index contributed by atoms with van der Waals surface area (Å²) in [5, 5.41) is 0. The van der Waals surface area contributed by atoms with Crippen LogP contribution in [-0.4, -0.2) is 26.3 Å². The molecule has 0 aliphatic carbocycles. The van der Waals surface area contributed by atoms with E-state index in [1.54, 1.807) is 33.7 Å². The maximum Gasteiger partial charge on any atom is 0.144 e. The van der Waals surface area contributed by atoms with Crippen LogP contribution in [0, 0.1) is 0 Å². The van der Waals surface area contributed by atoms with E-state index in [-0.39, 0.29) is 0 Å². The summed E-state index contributed by atoms with van der Waals surface area (Å²) in [6, 6.07) is 3.73. The Hall–Kier alpha value is -1.55. The lowest BCUT2D eigenvalue weighted by atomic mass is 10.2. The van der Waals surface area contributed by atoms with Crippen LogP contribution in [0.4, 0.5) is 0 Å². The van der Waals surface area contributed by atoms with Crippen molar-refractivity contribution in [1.82, 2.24) is 4.98 Å². The van der Waals surface area contributed by atoms with E-state index in [1.165, 1.54) is 0 Å². The van der Waals surface area contributed by atoms with Crippen molar-refractivity contribution in [3.63, 3.8) is 0 Å². The highest BCUT2D eigenvalue weighted by Gasteiger charge is 2.03. The van der Waals surface area contributed by atoms with Gasteiger partial charge in [0.05, 0.1) is 32.8 Å². The molecule has 1 heterocycles. The van der Waals surface area contributed by atoms with Crippen molar-refractivity contribution in [2.45, 2.75) is 6.61 Å². The number of pyridine rings is 1. The van der Waals surface area contributed by atoms with E-state index in [2.05, 4.69) is 4.98 Å². The quantitative estimate of drug-likeness (QED) is 0.694. The molecular weight excluding hydrogens is 194 g/mol. The molecule has 1 aromatic heterocycles. The first-order valence-corrected chi connectivity index (χ1v) is 4.54. The van der Waals surface area contributed by atoms with Crippen LogP contribution in [0.2, 0.25) is 0 Å². The summed E-state index contributed by atoms with van der Waals surface area (Å²) in [6.45, 7) is 0.484. The minimum Gasteiger partial charge on any atom is -0.504 e. The highest BCUT2D eigenvalue weighted by molar-refractivity contribution is 5.52. The monoisotopic (exact) mass is 209 g/mol. The second-order valence-corrected chi connectivity index (χ2v) is 2.86. The van der Waals surface area contributed by atoms with Crippen molar-refractivity contribution >= 4 is 6.08 Å². The number of nitrogens with zero attached hydrogens (tertiary/aromatic N) is 1. The van der Waals surface area contributed by atoms with Crippen molar-refractivity contribution in [2.24, 2.45) is 0 Å². The zero-order valence-electron chi connectivity index (χ0n) is 9.19. The van der Waals surface area contributed by atoms with Crippen molar-refractivity contribution in [3.8, 4) is 5.75 Å². The molecule has 0 unspecified atom stereocenters. The largest absolute Gasteiger partial charge is 0.504 e. The molecule has 0 radical (unpaired) electrons. The smallest absolute Gasteiger partial charge is 0.144 e. The Bertz CT molecular complexity index is 337. The van der Waals surface area contributed by atoms with Crippen molar-refractivity contribution in [2.75, 3.05) is 21.3 Å². The fourth-order valence-electron chi connectivity index (χ4n) is 1.16. The molecule has 0 saturated carbocycles. The number of methoxy groups -OCH3 is 3. The first-order valence-electron chi connectivity index (χ1n) is 4.54. The number of ether oxygens (including phenoxy) is 3. The van der Waals surface area contributed by atoms with Gasteiger partial charge in [0, 0.05) is 13.2 Å². The van der Waals surface area contributed by atoms with Crippen LogP contribution in [0.5, 0.6) is 5.75 Å². The van der Waals surface area contributed by atoms with Gasteiger partial charge in [-0.15, -0.1) is 0 Å².